The van der Waals surface area contributed by atoms with Crippen LogP contribution in [0.15, 0.2) is 102 Å². The summed E-state index contributed by atoms with van der Waals surface area (Å²) in [5.41, 5.74) is 8.11. The lowest BCUT2D eigenvalue weighted by Crippen LogP contribution is -2.15. The summed E-state index contributed by atoms with van der Waals surface area (Å²) in [6.07, 6.45) is 4.53. The van der Waals surface area contributed by atoms with Crippen molar-refractivity contribution in [2.45, 2.75) is 50.2 Å². The van der Waals surface area contributed by atoms with Gasteiger partial charge in [-0.05, 0) is 29.8 Å². The number of nitrogens with zero attached hydrogens (tertiary/aromatic N) is 5. The van der Waals surface area contributed by atoms with Gasteiger partial charge in [0.15, 0.2) is 5.16 Å². The van der Waals surface area contributed by atoms with Crippen LogP contribution < -0.4 is 10.6 Å². The zero-order chi connectivity index (χ0) is 34.1. The molecule has 2 aliphatic heterocycles. The summed E-state index contributed by atoms with van der Waals surface area (Å²) in [4.78, 5) is 37.2. The van der Waals surface area contributed by atoms with Crippen LogP contribution in [-0.2, 0) is 30.2 Å². The van der Waals surface area contributed by atoms with E-state index in [4.69, 9.17) is 0 Å². The van der Waals surface area contributed by atoms with Crippen molar-refractivity contribution in [3.05, 3.63) is 120 Å². The Balaban J connectivity index is 0.000000157. The predicted octanol–water partition coefficient (Wildman–Crippen LogP) is 7.29. The maximum atomic E-state index is 12.6. The number of hydrogen-bond donors (Lipinski definition) is 3. The highest BCUT2D eigenvalue weighted by Crippen LogP contribution is 2.34. The molecule has 2 amide bonds. The molecule has 0 aliphatic carbocycles. The smallest absolute Gasteiger partial charge is 0.273 e. The van der Waals surface area contributed by atoms with Crippen LogP contribution in [0.3, 0.4) is 0 Å². The molecule has 0 spiro atoms. The van der Waals surface area contributed by atoms with Crippen LogP contribution in [0.5, 0.6) is 0 Å². The van der Waals surface area contributed by atoms with Crippen molar-refractivity contribution >= 4 is 35.0 Å². The van der Waals surface area contributed by atoms with Gasteiger partial charge in [-0.25, -0.2) is 9.97 Å². The van der Waals surface area contributed by atoms with Crippen LogP contribution in [0.25, 0.3) is 22.6 Å². The quantitative estimate of drug-likeness (QED) is 0.171. The molecule has 11 heteroatoms. The number of amides is 2. The highest BCUT2D eigenvalue weighted by molar-refractivity contribution is 7.99. The fourth-order valence-electron chi connectivity index (χ4n) is 5.92. The molecule has 3 aromatic heterocycles. The molecule has 1 unspecified atom stereocenters. The second-order valence-electron chi connectivity index (χ2n) is 13.2. The Morgan fingerprint density at radius 2 is 1.76 bits per heavy atom. The number of imidazole rings is 2. The minimum atomic E-state index is -0.161. The molecule has 8 rings (SSSR count). The summed E-state index contributed by atoms with van der Waals surface area (Å²) in [5.74, 6) is 1.67. The van der Waals surface area contributed by atoms with Gasteiger partial charge in [0.2, 0.25) is 5.91 Å². The summed E-state index contributed by atoms with van der Waals surface area (Å²) < 4.78 is 3.82. The Labute approximate surface area is 289 Å². The number of nitrogens with one attached hydrogen (secondary N) is 3. The average Bonchev–Trinajstić information content (AvgIpc) is 3.92. The van der Waals surface area contributed by atoms with Gasteiger partial charge < -0.3 is 20.2 Å². The molecule has 5 heterocycles. The first-order valence-electron chi connectivity index (χ1n) is 16.3. The molecule has 0 radical (unpaired) electrons. The standard InChI is InChI=1S/C20H23N5OS.C18H15N3O/c1-20(2,3)17-11-16(24(4)23-17)18(26)21-14-7-5-13(6-8-14)15-12-25-9-10-27-19(25)22-15;22-18-15(14-8-4-5-9-16(14)21-18)10-13-11-19-17(20-13)12-6-2-1-3-7-12/h5-8,11-12H,9-10H2,1-4H3,(H,21,26);1-9,11,15H,10H2,(H,19,20)(H,21,22). The average molecular weight is 671 g/mol. The molecule has 0 saturated heterocycles. The summed E-state index contributed by atoms with van der Waals surface area (Å²) in [6.45, 7) is 7.27. The summed E-state index contributed by atoms with van der Waals surface area (Å²) in [6, 6.07) is 27.5. The lowest BCUT2D eigenvalue weighted by Gasteiger charge is -2.13. The normalized spacial score (nSPS) is 14.9. The monoisotopic (exact) mass is 670 g/mol. The third-order valence-corrected chi connectivity index (χ3v) is 9.60. The van der Waals surface area contributed by atoms with E-state index in [0.29, 0.717) is 12.1 Å². The van der Waals surface area contributed by atoms with Gasteiger partial charge in [-0.15, -0.1) is 0 Å². The van der Waals surface area contributed by atoms with Gasteiger partial charge in [-0.1, -0.05) is 93.2 Å². The number of thioether (sulfide) groups is 1. The Morgan fingerprint density at radius 3 is 2.49 bits per heavy atom. The Bertz CT molecular complexity index is 2100. The topological polar surface area (TPSA) is 123 Å². The van der Waals surface area contributed by atoms with Gasteiger partial charge in [0, 0.05) is 71.8 Å². The third-order valence-electron chi connectivity index (χ3n) is 8.63. The molecule has 10 nitrogen and oxygen atoms in total. The Kier molecular flexibility index (Phi) is 8.68. The maximum Gasteiger partial charge on any atom is 0.273 e. The fraction of sp³-hybridized carbons (Fsp3) is 0.237. The van der Waals surface area contributed by atoms with Crippen molar-refractivity contribution in [2.24, 2.45) is 7.05 Å². The maximum absolute atomic E-state index is 12.6. The van der Waals surface area contributed by atoms with Crippen LogP contribution in [0.4, 0.5) is 11.4 Å². The van der Waals surface area contributed by atoms with Gasteiger partial charge in [-0.3, -0.25) is 14.3 Å². The van der Waals surface area contributed by atoms with Crippen molar-refractivity contribution in [1.29, 1.82) is 0 Å². The molecule has 248 valence electrons. The van der Waals surface area contributed by atoms with Crippen molar-refractivity contribution in [3.63, 3.8) is 0 Å². The zero-order valence-electron chi connectivity index (χ0n) is 27.9. The summed E-state index contributed by atoms with van der Waals surface area (Å²) in [7, 11) is 1.79. The van der Waals surface area contributed by atoms with Crippen LogP contribution in [-0.4, -0.2) is 46.9 Å². The highest BCUT2D eigenvalue weighted by Gasteiger charge is 2.30. The van der Waals surface area contributed by atoms with Crippen LogP contribution in [0.1, 0.15) is 54.1 Å². The third kappa shape index (κ3) is 6.93. The van der Waals surface area contributed by atoms with Gasteiger partial charge in [0.25, 0.3) is 5.91 Å². The number of aromatic nitrogens is 6. The second kappa shape index (κ2) is 13.2. The number of benzene rings is 3. The highest BCUT2D eigenvalue weighted by atomic mass is 32.2. The molecule has 6 aromatic rings. The first-order valence-corrected chi connectivity index (χ1v) is 17.3. The molecule has 1 atom stereocenters. The largest absolute Gasteiger partial charge is 0.342 e. The molecule has 0 saturated carbocycles. The molecule has 0 fully saturated rings. The van der Waals surface area contributed by atoms with Gasteiger partial charge >= 0.3 is 0 Å². The number of aryl methyl sites for hydroxylation is 2. The van der Waals surface area contributed by atoms with Gasteiger partial charge in [0.05, 0.1) is 17.3 Å². The van der Waals surface area contributed by atoms with Crippen molar-refractivity contribution in [1.82, 2.24) is 29.3 Å². The van der Waals surface area contributed by atoms with E-state index >= 15 is 0 Å². The Hall–Kier alpha value is -5.42. The number of hydrogen-bond acceptors (Lipinski definition) is 6. The van der Waals surface area contributed by atoms with Crippen LogP contribution in [0, 0.1) is 0 Å². The van der Waals surface area contributed by atoms with E-state index in [9.17, 15) is 9.59 Å². The first-order chi connectivity index (χ1) is 23.6. The first kappa shape index (κ1) is 32.1. The molecule has 3 N–H and O–H groups in total. The number of H-pyrrole nitrogens is 1. The number of fused-ring (bicyclic) bond motifs is 2. The van der Waals surface area contributed by atoms with E-state index in [-0.39, 0.29) is 23.1 Å². The minimum absolute atomic E-state index is 0.0528. The lowest BCUT2D eigenvalue weighted by atomic mass is 9.92. The molecule has 2 aliphatic rings. The zero-order valence-corrected chi connectivity index (χ0v) is 28.7. The molecular formula is C38H38N8O2S. The summed E-state index contributed by atoms with van der Waals surface area (Å²) >= 11 is 1.78. The van der Waals surface area contributed by atoms with Crippen molar-refractivity contribution in [3.8, 4) is 22.6 Å². The number of anilines is 2. The van der Waals surface area contributed by atoms with Crippen LogP contribution >= 0.6 is 11.8 Å². The fourth-order valence-corrected chi connectivity index (χ4v) is 6.86. The number of carbonyl (C=O) groups is 2. The van der Waals surface area contributed by atoms with E-state index in [1.807, 2.05) is 91.1 Å². The van der Waals surface area contributed by atoms with E-state index < -0.39 is 0 Å². The van der Waals surface area contributed by atoms with Crippen molar-refractivity contribution in [2.75, 3.05) is 16.4 Å². The number of aromatic amines is 1. The molecule has 3 aromatic carbocycles. The molecule has 49 heavy (non-hydrogen) atoms. The van der Waals surface area contributed by atoms with E-state index in [1.54, 1.807) is 23.5 Å². The molecule has 0 bridgehead atoms. The Morgan fingerprint density at radius 1 is 1.00 bits per heavy atom. The lowest BCUT2D eigenvalue weighted by molar-refractivity contribution is -0.117. The second-order valence-corrected chi connectivity index (χ2v) is 14.3. The van der Waals surface area contributed by atoms with E-state index in [1.165, 1.54) is 0 Å². The molecular weight excluding hydrogens is 633 g/mol. The van der Waals surface area contributed by atoms with Gasteiger partial charge in [-0.2, -0.15) is 5.10 Å². The number of carbonyl (C=O) groups excluding carboxylic acids is 2. The predicted molar refractivity (Wildman–Crippen MR) is 194 cm³/mol. The van der Waals surface area contributed by atoms with Crippen LogP contribution in [0.2, 0.25) is 0 Å². The van der Waals surface area contributed by atoms with Gasteiger partial charge in [0.1, 0.15) is 11.5 Å². The van der Waals surface area contributed by atoms with E-state index in [2.05, 4.69) is 62.2 Å². The number of para-hydroxylation sites is 1. The van der Waals surface area contributed by atoms with Crippen molar-refractivity contribution < 1.29 is 9.59 Å². The number of rotatable bonds is 6. The van der Waals surface area contributed by atoms with E-state index in [0.717, 1.165) is 68.4 Å². The SMILES string of the molecule is Cn1nc(C(C)(C)C)cc1C(=O)Nc1ccc(-c2cn3c(n2)SCC3)cc1.O=C1Nc2ccccc2C1Cc1cnc(-c2ccccc2)[nH]1. The summed E-state index contributed by atoms with van der Waals surface area (Å²) in [5, 5.41) is 11.4. The minimum Gasteiger partial charge on any atom is -0.342 e.